The molecule has 0 bridgehead atoms. The molecule has 40 heavy (non-hydrogen) atoms. The third-order valence-electron chi connectivity index (χ3n) is 4.33. The summed E-state index contributed by atoms with van der Waals surface area (Å²) in [5, 5.41) is 40.0. The quantitative estimate of drug-likeness (QED) is 0.0761. The highest BCUT2D eigenvalue weighted by molar-refractivity contribution is 5.88. The van der Waals surface area contributed by atoms with E-state index >= 15 is 0 Å². The summed E-state index contributed by atoms with van der Waals surface area (Å²) >= 11 is 0. The predicted molar refractivity (Wildman–Crippen MR) is 133 cm³/mol. The van der Waals surface area contributed by atoms with Crippen LogP contribution in [0.25, 0.3) is 0 Å². The van der Waals surface area contributed by atoms with E-state index in [0.717, 1.165) is 0 Å². The Hall–Kier alpha value is -3.63. The summed E-state index contributed by atoms with van der Waals surface area (Å²) in [5.41, 5.74) is 0.177. The van der Waals surface area contributed by atoms with Crippen LogP contribution in [0.4, 0.5) is 0 Å². The second kappa shape index (κ2) is 18.6. The molecule has 0 saturated carbocycles. The summed E-state index contributed by atoms with van der Waals surface area (Å²) in [5.74, 6) is -5.27. The molecular weight excluding hydrogens is 540 g/mol. The summed E-state index contributed by atoms with van der Waals surface area (Å²) < 4.78 is 28.8. The molecule has 0 aliphatic carbocycles. The minimum absolute atomic E-state index is 0.0526. The number of carbonyl (C=O) groups is 5. The van der Waals surface area contributed by atoms with Crippen molar-refractivity contribution in [2.75, 3.05) is 39.6 Å². The molecule has 15 heteroatoms. The number of hydrogen-bond donors (Lipinski definition) is 4. The number of esters is 5. The zero-order valence-corrected chi connectivity index (χ0v) is 22.5. The van der Waals surface area contributed by atoms with E-state index in [2.05, 4.69) is 19.7 Å². The van der Waals surface area contributed by atoms with Gasteiger partial charge in [0.25, 0.3) is 0 Å². The molecule has 226 valence electrons. The van der Waals surface area contributed by atoms with Crippen LogP contribution in [0.5, 0.6) is 0 Å². The van der Waals surface area contributed by atoms with Crippen molar-refractivity contribution in [2.45, 2.75) is 51.3 Å². The first-order chi connectivity index (χ1) is 18.6. The molecule has 0 aliphatic heterocycles. The van der Waals surface area contributed by atoms with Crippen molar-refractivity contribution in [1.82, 2.24) is 0 Å². The highest BCUT2D eigenvalue weighted by Gasteiger charge is 2.37. The van der Waals surface area contributed by atoms with Crippen molar-refractivity contribution in [3.8, 4) is 0 Å². The van der Waals surface area contributed by atoms with Crippen molar-refractivity contribution < 1.29 is 72.8 Å². The predicted octanol–water partition coefficient (Wildman–Crippen LogP) is -1.74. The van der Waals surface area contributed by atoms with Crippen LogP contribution >= 0.6 is 0 Å². The van der Waals surface area contributed by atoms with Gasteiger partial charge in [0, 0.05) is 16.7 Å². The van der Waals surface area contributed by atoms with E-state index < -0.39 is 100 Å². The van der Waals surface area contributed by atoms with Gasteiger partial charge in [-0.05, 0) is 20.8 Å². The molecule has 0 aromatic carbocycles. The van der Waals surface area contributed by atoms with Crippen LogP contribution in [0, 0.1) is 0 Å². The van der Waals surface area contributed by atoms with Crippen LogP contribution < -0.4 is 0 Å². The molecule has 0 radical (unpaired) electrons. The summed E-state index contributed by atoms with van der Waals surface area (Å²) in [7, 11) is 0. The van der Waals surface area contributed by atoms with Gasteiger partial charge in [0.2, 0.25) is 0 Å². The third kappa shape index (κ3) is 15.1. The van der Waals surface area contributed by atoms with Crippen molar-refractivity contribution in [3.63, 3.8) is 0 Å². The van der Waals surface area contributed by atoms with Crippen LogP contribution in [0.2, 0.25) is 0 Å². The lowest BCUT2D eigenvalue weighted by Gasteiger charge is -2.23. The fourth-order valence-corrected chi connectivity index (χ4v) is 2.18. The SMILES string of the molecule is C=C(C)C(=O)OCC(O)COC(=O)C(O)C(OCC(O)COC(=O)C(=C)C)C(=O)OCC(O)COC(=O)C(=C)C. The summed E-state index contributed by atoms with van der Waals surface area (Å²) in [6.45, 7) is 10.2. The molecule has 0 aliphatic rings. The van der Waals surface area contributed by atoms with Crippen LogP contribution in [-0.4, -0.2) is 120 Å². The minimum Gasteiger partial charge on any atom is -0.461 e. The zero-order chi connectivity index (χ0) is 31.0. The maximum atomic E-state index is 12.5. The van der Waals surface area contributed by atoms with Crippen LogP contribution in [0.15, 0.2) is 36.5 Å². The first-order valence-corrected chi connectivity index (χ1v) is 11.7. The summed E-state index contributed by atoms with van der Waals surface area (Å²) in [6.07, 6.45) is -8.99. The molecule has 0 amide bonds. The van der Waals surface area contributed by atoms with Crippen molar-refractivity contribution in [1.29, 1.82) is 0 Å². The zero-order valence-electron chi connectivity index (χ0n) is 22.5. The molecule has 0 spiro atoms. The lowest BCUT2D eigenvalue weighted by Crippen LogP contribution is -2.46. The van der Waals surface area contributed by atoms with E-state index in [1.807, 2.05) is 0 Å². The number of carbonyl (C=O) groups excluding carboxylic acids is 5. The Bertz CT molecular complexity index is 941. The Balaban J connectivity index is 5.18. The summed E-state index contributed by atoms with van der Waals surface area (Å²) in [6, 6.07) is 0. The number of aliphatic hydroxyl groups excluding tert-OH is 4. The normalized spacial score (nSPS) is 14.4. The maximum absolute atomic E-state index is 12.5. The fraction of sp³-hybridized carbons (Fsp3) is 0.560. The standard InChI is InChI=1S/C25H36O15/c1-13(2)21(30)36-8-16(26)7-35-20(25(34)40-12-18(28)10-38-23(32)15(5)6)19(29)24(33)39-11-17(27)9-37-22(31)14(3)4/h16-20,26-29H,1,3,5,7-12H2,2,4,6H3. The van der Waals surface area contributed by atoms with Gasteiger partial charge in [-0.1, -0.05) is 19.7 Å². The Morgan fingerprint density at radius 3 is 1.18 bits per heavy atom. The molecule has 5 unspecified atom stereocenters. The Kier molecular flexibility index (Phi) is 16.9. The molecule has 0 rings (SSSR count). The number of rotatable bonds is 19. The fourth-order valence-electron chi connectivity index (χ4n) is 2.18. The molecule has 15 nitrogen and oxygen atoms in total. The van der Waals surface area contributed by atoms with Crippen molar-refractivity contribution in [3.05, 3.63) is 36.5 Å². The second-order valence-corrected chi connectivity index (χ2v) is 8.56. The topological polar surface area (TPSA) is 222 Å². The molecule has 0 aromatic rings. The van der Waals surface area contributed by atoms with Gasteiger partial charge in [-0.25, -0.2) is 24.0 Å². The second-order valence-electron chi connectivity index (χ2n) is 8.56. The van der Waals surface area contributed by atoms with E-state index in [4.69, 9.17) is 28.4 Å². The highest BCUT2D eigenvalue weighted by Crippen LogP contribution is 2.09. The van der Waals surface area contributed by atoms with Gasteiger partial charge in [0.1, 0.15) is 51.3 Å². The molecule has 0 aromatic heterocycles. The average Bonchev–Trinajstić information content (AvgIpc) is 2.89. The number of hydrogen-bond acceptors (Lipinski definition) is 15. The molecule has 0 heterocycles. The van der Waals surface area contributed by atoms with Gasteiger partial charge < -0.3 is 48.8 Å². The number of ether oxygens (including phenoxy) is 6. The van der Waals surface area contributed by atoms with E-state index in [-0.39, 0.29) is 16.7 Å². The number of aliphatic hydroxyl groups is 4. The van der Waals surface area contributed by atoms with E-state index in [9.17, 15) is 44.4 Å². The van der Waals surface area contributed by atoms with E-state index in [0.29, 0.717) is 0 Å². The monoisotopic (exact) mass is 576 g/mol. The molecule has 0 fully saturated rings. The smallest absolute Gasteiger partial charge is 0.338 e. The van der Waals surface area contributed by atoms with Crippen LogP contribution in [-0.2, 0) is 52.4 Å². The maximum Gasteiger partial charge on any atom is 0.338 e. The molecule has 0 saturated heterocycles. The lowest BCUT2D eigenvalue weighted by atomic mass is 10.2. The third-order valence-corrected chi connectivity index (χ3v) is 4.33. The Morgan fingerprint density at radius 2 is 0.825 bits per heavy atom. The average molecular weight is 577 g/mol. The van der Waals surface area contributed by atoms with E-state index in [1.165, 1.54) is 20.8 Å². The lowest BCUT2D eigenvalue weighted by molar-refractivity contribution is -0.185. The minimum atomic E-state index is -2.36. The first kappa shape index (κ1) is 36.4. The van der Waals surface area contributed by atoms with Crippen LogP contribution in [0.3, 0.4) is 0 Å². The van der Waals surface area contributed by atoms with Crippen molar-refractivity contribution in [2.24, 2.45) is 0 Å². The van der Waals surface area contributed by atoms with Gasteiger partial charge >= 0.3 is 29.8 Å². The van der Waals surface area contributed by atoms with Gasteiger partial charge in [0.05, 0.1) is 6.61 Å². The van der Waals surface area contributed by atoms with Crippen molar-refractivity contribution >= 4 is 29.8 Å². The van der Waals surface area contributed by atoms with Gasteiger partial charge in [-0.3, -0.25) is 0 Å². The van der Waals surface area contributed by atoms with Gasteiger partial charge in [-0.2, -0.15) is 0 Å². The van der Waals surface area contributed by atoms with Gasteiger partial charge in [-0.15, -0.1) is 0 Å². The molecule has 5 atom stereocenters. The Labute approximate surface area is 230 Å². The molecule has 4 N–H and O–H groups in total. The van der Waals surface area contributed by atoms with Gasteiger partial charge in [0.15, 0.2) is 12.2 Å². The highest BCUT2D eigenvalue weighted by atomic mass is 16.6. The summed E-state index contributed by atoms with van der Waals surface area (Å²) in [4.78, 5) is 59.1. The Morgan fingerprint density at radius 1 is 0.525 bits per heavy atom. The first-order valence-electron chi connectivity index (χ1n) is 11.7. The largest absolute Gasteiger partial charge is 0.461 e. The molecular formula is C25H36O15. The van der Waals surface area contributed by atoms with E-state index in [1.54, 1.807) is 0 Å². The van der Waals surface area contributed by atoms with Crippen LogP contribution in [0.1, 0.15) is 20.8 Å².